The summed E-state index contributed by atoms with van der Waals surface area (Å²) in [4.78, 5) is 3.85. The lowest BCUT2D eigenvalue weighted by molar-refractivity contribution is -0.139. The van der Waals surface area contributed by atoms with Crippen molar-refractivity contribution in [3.63, 3.8) is 0 Å². The van der Waals surface area contributed by atoms with Gasteiger partial charge in [-0.2, -0.15) is 13.2 Å². The van der Waals surface area contributed by atoms with Crippen molar-refractivity contribution >= 4 is 0 Å². The number of hydrogen-bond donors (Lipinski definition) is 1. The molecule has 0 saturated heterocycles. The second-order valence-corrected chi connectivity index (χ2v) is 4.23. The summed E-state index contributed by atoms with van der Waals surface area (Å²) in [5.74, 6) is 0.398. The molecule has 1 rings (SSSR count). The SMILES string of the molecule is CC(C)NCc1ccncc1OCCC(F)(F)F. The van der Waals surface area contributed by atoms with Crippen molar-refractivity contribution < 1.29 is 17.9 Å². The van der Waals surface area contributed by atoms with Gasteiger partial charge in [0, 0.05) is 24.3 Å². The monoisotopic (exact) mass is 262 g/mol. The van der Waals surface area contributed by atoms with E-state index < -0.39 is 12.6 Å². The van der Waals surface area contributed by atoms with Gasteiger partial charge >= 0.3 is 6.18 Å². The van der Waals surface area contributed by atoms with Crippen molar-refractivity contribution in [2.45, 2.75) is 39.0 Å². The topological polar surface area (TPSA) is 34.2 Å². The van der Waals surface area contributed by atoms with Crippen LogP contribution in [0, 0.1) is 0 Å². The minimum Gasteiger partial charge on any atom is -0.491 e. The first-order valence-corrected chi connectivity index (χ1v) is 5.74. The number of hydrogen-bond acceptors (Lipinski definition) is 3. The van der Waals surface area contributed by atoms with Gasteiger partial charge in [0.25, 0.3) is 0 Å². The van der Waals surface area contributed by atoms with E-state index in [0.29, 0.717) is 18.3 Å². The molecule has 0 radical (unpaired) electrons. The smallest absolute Gasteiger partial charge is 0.392 e. The van der Waals surface area contributed by atoms with E-state index in [0.717, 1.165) is 5.56 Å². The van der Waals surface area contributed by atoms with E-state index in [1.54, 1.807) is 12.3 Å². The number of rotatable bonds is 6. The molecule has 0 amide bonds. The molecule has 0 unspecified atom stereocenters. The molecule has 18 heavy (non-hydrogen) atoms. The number of pyridine rings is 1. The molecule has 1 aromatic heterocycles. The minimum atomic E-state index is -4.20. The van der Waals surface area contributed by atoms with E-state index in [4.69, 9.17) is 4.74 Å². The predicted octanol–water partition coefficient (Wildman–Crippen LogP) is 2.91. The molecule has 0 aliphatic carbocycles. The Hall–Kier alpha value is -1.30. The maximum Gasteiger partial charge on any atom is 0.392 e. The quantitative estimate of drug-likeness (QED) is 0.856. The average molecular weight is 262 g/mol. The zero-order chi connectivity index (χ0) is 13.6. The van der Waals surface area contributed by atoms with E-state index in [2.05, 4.69) is 10.3 Å². The molecule has 0 atom stereocenters. The molecule has 1 N–H and O–H groups in total. The van der Waals surface area contributed by atoms with Crippen molar-refractivity contribution in [1.82, 2.24) is 10.3 Å². The van der Waals surface area contributed by atoms with Gasteiger partial charge in [0.2, 0.25) is 0 Å². The lowest BCUT2D eigenvalue weighted by Gasteiger charge is -2.13. The van der Waals surface area contributed by atoms with Crippen LogP contribution in [-0.2, 0) is 6.54 Å². The molecule has 0 saturated carbocycles. The van der Waals surface area contributed by atoms with Crippen molar-refractivity contribution in [2.75, 3.05) is 6.61 Å². The van der Waals surface area contributed by atoms with E-state index in [9.17, 15) is 13.2 Å². The van der Waals surface area contributed by atoms with E-state index in [1.807, 2.05) is 13.8 Å². The zero-order valence-electron chi connectivity index (χ0n) is 10.4. The number of alkyl halides is 3. The van der Waals surface area contributed by atoms with Gasteiger partial charge in [0.1, 0.15) is 5.75 Å². The summed E-state index contributed by atoms with van der Waals surface area (Å²) in [5, 5.41) is 3.18. The Labute approximate surface area is 104 Å². The molecule has 0 fully saturated rings. The van der Waals surface area contributed by atoms with Crippen LogP contribution in [0.2, 0.25) is 0 Å². The summed E-state index contributed by atoms with van der Waals surface area (Å²) in [6.45, 7) is 4.14. The highest BCUT2D eigenvalue weighted by Gasteiger charge is 2.26. The molecule has 0 aliphatic heterocycles. The molecule has 102 valence electrons. The van der Waals surface area contributed by atoms with E-state index >= 15 is 0 Å². The standard InChI is InChI=1S/C12H17F3N2O/c1-9(2)17-7-10-3-5-16-8-11(10)18-6-4-12(13,14)15/h3,5,8-9,17H,4,6-7H2,1-2H3. The molecular weight excluding hydrogens is 245 g/mol. The van der Waals surface area contributed by atoms with Crippen LogP contribution in [0.5, 0.6) is 5.75 Å². The van der Waals surface area contributed by atoms with Crippen LogP contribution in [0.3, 0.4) is 0 Å². The van der Waals surface area contributed by atoms with Crippen molar-refractivity contribution in [1.29, 1.82) is 0 Å². The summed E-state index contributed by atoms with van der Waals surface area (Å²) in [6.07, 6.45) is -2.13. The molecule has 1 aromatic rings. The number of nitrogens with one attached hydrogen (secondary N) is 1. The summed E-state index contributed by atoms with van der Waals surface area (Å²) in [7, 11) is 0. The summed E-state index contributed by atoms with van der Waals surface area (Å²) >= 11 is 0. The number of nitrogens with zero attached hydrogens (tertiary/aromatic N) is 1. The van der Waals surface area contributed by atoms with Gasteiger partial charge in [-0.25, -0.2) is 0 Å². The maximum absolute atomic E-state index is 12.0. The first kappa shape index (κ1) is 14.8. The van der Waals surface area contributed by atoms with Crippen LogP contribution < -0.4 is 10.1 Å². The Bertz CT molecular complexity index is 367. The van der Waals surface area contributed by atoms with Gasteiger partial charge in [0.05, 0.1) is 19.2 Å². The second-order valence-electron chi connectivity index (χ2n) is 4.23. The van der Waals surface area contributed by atoms with E-state index in [1.165, 1.54) is 6.20 Å². The molecule has 0 bridgehead atoms. The second kappa shape index (κ2) is 6.58. The largest absolute Gasteiger partial charge is 0.491 e. The van der Waals surface area contributed by atoms with Gasteiger partial charge in [-0.3, -0.25) is 4.98 Å². The van der Waals surface area contributed by atoms with Gasteiger partial charge in [0.15, 0.2) is 0 Å². The molecule has 0 spiro atoms. The Morgan fingerprint density at radius 1 is 1.39 bits per heavy atom. The molecular formula is C12H17F3N2O. The fraction of sp³-hybridized carbons (Fsp3) is 0.583. The Balaban J connectivity index is 2.53. The van der Waals surface area contributed by atoms with Gasteiger partial charge < -0.3 is 10.1 Å². The third kappa shape index (κ3) is 5.86. The maximum atomic E-state index is 12.0. The number of halogens is 3. The highest BCUT2D eigenvalue weighted by Crippen LogP contribution is 2.21. The van der Waals surface area contributed by atoms with Crippen molar-refractivity contribution in [2.24, 2.45) is 0 Å². The molecule has 3 nitrogen and oxygen atoms in total. The first-order chi connectivity index (χ1) is 8.38. The molecule has 0 aromatic carbocycles. The highest BCUT2D eigenvalue weighted by atomic mass is 19.4. The van der Waals surface area contributed by atoms with Crippen LogP contribution >= 0.6 is 0 Å². The molecule has 6 heteroatoms. The fourth-order valence-electron chi connectivity index (χ4n) is 1.28. The third-order valence-corrected chi connectivity index (χ3v) is 2.21. The minimum absolute atomic E-state index is 0.293. The van der Waals surface area contributed by atoms with Crippen molar-refractivity contribution in [3.05, 3.63) is 24.0 Å². The van der Waals surface area contributed by atoms with Crippen LogP contribution in [-0.4, -0.2) is 23.8 Å². The van der Waals surface area contributed by atoms with Crippen LogP contribution in [0.4, 0.5) is 13.2 Å². The average Bonchev–Trinajstić information content (AvgIpc) is 2.26. The summed E-state index contributed by atoms with van der Waals surface area (Å²) in [6, 6.07) is 2.03. The van der Waals surface area contributed by atoms with E-state index in [-0.39, 0.29) is 6.61 Å². The lowest BCUT2D eigenvalue weighted by atomic mass is 10.2. The first-order valence-electron chi connectivity index (χ1n) is 5.74. The van der Waals surface area contributed by atoms with Gasteiger partial charge in [-0.1, -0.05) is 13.8 Å². The third-order valence-electron chi connectivity index (χ3n) is 2.21. The number of aromatic nitrogens is 1. The van der Waals surface area contributed by atoms with Crippen molar-refractivity contribution in [3.8, 4) is 5.75 Å². The Kier molecular flexibility index (Phi) is 5.40. The number of ether oxygens (including phenoxy) is 1. The van der Waals surface area contributed by atoms with Crippen LogP contribution in [0.1, 0.15) is 25.8 Å². The Morgan fingerprint density at radius 3 is 2.72 bits per heavy atom. The zero-order valence-corrected chi connectivity index (χ0v) is 10.4. The normalized spacial score (nSPS) is 11.9. The summed E-state index contributed by atoms with van der Waals surface area (Å²) in [5.41, 5.74) is 0.806. The van der Waals surface area contributed by atoms with Crippen LogP contribution in [0.15, 0.2) is 18.5 Å². The molecule has 1 heterocycles. The molecule has 0 aliphatic rings. The Morgan fingerprint density at radius 2 is 2.11 bits per heavy atom. The summed E-state index contributed by atoms with van der Waals surface area (Å²) < 4.78 is 41.1. The highest BCUT2D eigenvalue weighted by molar-refractivity contribution is 5.29. The van der Waals surface area contributed by atoms with Gasteiger partial charge in [-0.15, -0.1) is 0 Å². The van der Waals surface area contributed by atoms with Gasteiger partial charge in [-0.05, 0) is 6.07 Å². The van der Waals surface area contributed by atoms with Crippen LogP contribution in [0.25, 0.3) is 0 Å². The lowest BCUT2D eigenvalue weighted by Crippen LogP contribution is -2.22. The fourth-order valence-corrected chi connectivity index (χ4v) is 1.28. The predicted molar refractivity (Wildman–Crippen MR) is 62.4 cm³/mol.